The van der Waals surface area contributed by atoms with Gasteiger partial charge in [-0.25, -0.2) is 8.42 Å². The molecule has 2 unspecified atom stereocenters. The van der Waals surface area contributed by atoms with E-state index in [4.69, 9.17) is 4.74 Å². The number of halogens is 3. The highest BCUT2D eigenvalue weighted by Gasteiger charge is 2.59. The van der Waals surface area contributed by atoms with Gasteiger partial charge in [0.25, 0.3) is 10.0 Å². The normalized spacial score (nSPS) is 23.4. The molecule has 2 N–H and O–H groups in total. The van der Waals surface area contributed by atoms with Gasteiger partial charge >= 0.3 is 6.36 Å². The van der Waals surface area contributed by atoms with Gasteiger partial charge in [0.15, 0.2) is 0 Å². The molecule has 0 bridgehead atoms. The van der Waals surface area contributed by atoms with E-state index in [1.54, 1.807) is 19.2 Å². The fraction of sp³-hybridized carbons (Fsp3) is 0.368. The molecule has 2 aromatic carbocycles. The largest absolute Gasteiger partial charge is 0.573 e. The molecule has 0 radical (unpaired) electrons. The summed E-state index contributed by atoms with van der Waals surface area (Å²) < 4.78 is 74.0. The van der Waals surface area contributed by atoms with Crippen LogP contribution < -0.4 is 19.5 Å². The molecular formula is C19H19F3N2O4S. The first-order valence-electron chi connectivity index (χ1n) is 8.91. The van der Waals surface area contributed by atoms with Gasteiger partial charge in [0.1, 0.15) is 11.5 Å². The van der Waals surface area contributed by atoms with Gasteiger partial charge in [-0.2, -0.15) is 0 Å². The second-order valence-corrected chi connectivity index (χ2v) is 8.91. The molecule has 1 aliphatic heterocycles. The molecule has 10 heteroatoms. The van der Waals surface area contributed by atoms with Crippen LogP contribution in [0, 0.1) is 5.92 Å². The van der Waals surface area contributed by atoms with Crippen LogP contribution in [0.2, 0.25) is 0 Å². The SMILES string of the molecule is COc1ccc(S(=O)(=O)Nc2ccc(OC(F)(F)F)cc2)cc1C12CNCC1C2. The number of fused-ring (bicyclic) bond motifs is 1. The quantitative estimate of drug-likeness (QED) is 0.739. The van der Waals surface area contributed by atoms with Crippen LogP contribution in [0.5, 0.6) is 11.5 Å². The first-order valence-corrected chi connectivity index (χ1v) is 10.4. The molecule has 1 saturated heterocycles. The van der Waals surface area contributed by atoms with E-state index in [1.807, 2.05) is 0 Å². The number of sulfonamides is 1. The monoisotopic (exact) mass is 428 g/mol. The molecule has 0 amide bonds. The zero-order valence-corrected chi connectivity index (χ0v) is 16.2. The Labute approximate surface area is 166 Å². The summed E-state index contributed by atoms with van der Waals surface area (Å²) in [4.78, 5) is 0.0656. The van der Waals surface area contributed by atoms with E-state index in [0.29, 0.717) is 11.7 Å². The van der Waals surface area contributed by atoms with E-state index in [0.717, 1.165) is 37.2 Å². The van der Waals surface area contributed by atoms with Gasteiger partial charge in [-0.15, -0.1) is 13.2 Å². The molecule has 1 aliphatic carbocycles. The van der Waals surface area contributed by atoms with Gasteiger partial charge in [0.2, 0.25) is 0 Å². The third-order valence-corrected chi connectivity index (χ3v) is 6.80. The lowest BCUT2D eigenvalue weighted by atomic mass is 9.94. The van der Waals surface area contributed by atoms with Crippen molar-refractivity contribution in [2.24, 2.45) is 5.92 Å². The predicted molar refractivity (Wildman–Crippen MR) is 99.6 cm³/mol. The van der Waals surface area contributed by atoms with E-state index in [-0.39, 0.29) is 16.0 Å². The summed E-state index contributed by atoms with van der Waals surface area (Å²) in [5.41, 5.74) is 0.877. The van der Waals surface area contributed by atoms with Crippen molar-refractivity contribution in [2.75, 3.05) is 24.9 Å². The standard InChI is InChI=1S/C19H19F3N2O4S/c1-27-17-7-6-15(8-16(17)18-9-12(18)10-23-11-18)29(25,26)24-13-2-4-14(5-3-13)28-19(20,21)22/h2-8,12,23-24H,9-11H2,1H3. The topological polar surface area (TPSA) is 76.7 Å². The Morgan fingerprint density at radius 2 is 1.90 bits per heavy atom. The minimum Gasteiger partial charge on any atom is -0.496 e. The molecule has 2 fully saturated rings. The van der Waals surface area contributed by atoms with E-state index >= 15 is 0 Å². The van der Waals surface area contributed by atoms with E-state index in [2.05, 4.69) is 14.8 Å². The summed E-state index contributed by atoms with van der Waals surface area (Å²) in [5, 5.41) is 3.32. The fourth-order valence-electron chi connectivity index (χ4n) is 3.94. The lowest BCUT2D eigenvalue weighted by Gasteiger charge is -2.18. The van der Waals surface area contributed by atoms with Crippen molar-refractivity contribution in [1.82, 2.24) is 5.32 Å². The Bertz CT molecular complexity index is 1020. The second-order valence-electron chi connectivity index (χ2n) is 7.23. The Morgan fingerprint density at radius 1 is 1.17 bits per heavy atom. The maximum atomic E-state index is 12.8. The first-order chi connectivity index (χ1) is 13.6. The molecule has 0 spiro atoms. The average Bonchev–Trinajstić information content (AvgIpc) is 3.22. The number of hydrogen-bond donors (Lipinski definition) is 2. The van der Waals surface area contributed by atoms with Crippen LogP contribution >= 0.6 is 0 Å². The van der Waals surface area contributed by atoms with E-state index in [9.17, 15) is 21.6 Å². The van der Waals surface area contributed by atoms with Crippen molar-refractivity contribution < 1.29 is 31.1 Å². The van der Waals surface area contributed by atoms with Crippen LogP contribution in [0.1, 0.15) is 12.0 Å². The Kier molecular flexibility index (Phi) is 4.66. The average molecular weight is 428 g/mol. The van der Waals surface area contributed by atoms with Gasteiger partial charge in [0.05, 0.1) is 12.0 Å². The molecule has 2 aliphatic rings. The van der Waals surface area contributed by atoms with Crippen LogP contribution in [-0.4, -0.2) is 35.0 Å². The highest BCUT2D eigenvalue weighted by molar-refractivity contribution is 7.92. The molecule has 1 heterocycles. The maximum Gasteiger partial charge on any atom is 0.573 e. The summed E-state index contributed by atoms with van der Waals surface area (Å²) in [6, 6.07) is 9.20. The van der Waals surface area contributed by atoms with Gasteiger partial charge in [-0.05, 0) is 61.3 Å². The van der Waals surface area contributed by atoms with Crippen molar-refractivity contribution in [1.29, 1.82) is 0 Å². The van der Waals surface area contributed by atoms with Crippen LogP contribution in [0.25, 0.3) is 0 Å². The van der Waals surface area contributed by atoms with Crippen molar-refractivity contribution >= 4 is 15.7 Å². The molecule has 29 heavy (non-hydrogen) atoms. The summed E-state index contributed by atoms with van der Waals surface area (Å²) in [5.74, 6) is 0.673. The third kappa shape index (κ3) is 3.86. The van der Waals surface area contributed by atoms with Crippen molar-refractivity contribution in [2.45, 2.75) is 23.1 Å². The fourth-order valence-corrected chi connectivity index (χ4v) is 5.03. The van der Waals surface area contributed by atoms with Gasteiger partial charge in [0, 0.05) is 23.2 Å². The number of alkyl halides is 3. The van der Waals surface area contributed by atoms with Crippen molar-refractivity contribution in [3.8, 4) is 11.5 Å². The van der Waals surface area contributed by atoms with E-state index < -0.39 is 22.1 Å². The number of nitrogens with one attached hydrogen (secondary N) is 2. The maximum absolute atomic E-state index is 12.8. The predicted octanol–water partition coefficient (Wildman–Crippen LogP) is 3.26. The Balaban J connectivity index is 1.58. The van der Waals surface area contributed by atoms with Crippen LogP contribution in [-0.2, 0) is 15.4 Å². The molecule has 2 aromatic rings. The van der Waals surface area contributed by atoms with Gasteiger partial charge in [-0.3, -0.25) is 4.72 Å². The minimum atomic E-state index is -4.81. The second kappa shape index (κ2) is 6.81. The third-order valence-electron chi connectivity index (χ3n) is 5.42. The zero-order chi connectivity index (χ0) is 20.9. The molecule has 6 nitrogen and oxygen atoms in total. The summed E-state index contributed by atoms with van der Waals surface area (Å²) in [6.07, 6.45) is -3.83. The van der Waals surface area contributed by atoms with Crippen LogP contribution in [0.3, 0.4) is 0 Å². The van der Waals surface area contributed by atoms with Gasteiger partial charge < -0.3 is 14.8 Å². The lowest BCUT2D eigenvalue weighted by molar-refractivity contribution is -0.274. The molecule has 0 aromatic heterocycles. The lowest BCUT2D eigenvalue weighted by Crippen LogP contribution is -2.21. The minimum absolute atomic E-state index is 0.0656. The number of benzene rings is 2. The number of piperidine rings is 1. The first kappa shape index (κ1) is 19.8. The number of rotatable bonds is 6. The van der Waals surface area contributed by atoms with Gasteiger partial charge in [-0.1, -0.05) is 0 Å². The number of hydrogen-bond acceptors (Lipinski definition) is 5. The van der Waals surface area contributed by atoms with Crippen LogP contribution in [0.15, 0.2) is 47.4 Å². The summed E-state index contributed by atoms with van der Waals surface area (Å²) >= 11 is 0. The molecule has 4 rings (SSSR count). The zero-order valence-electron chi connectivity index (χ0n) is 15.4. The highest BCUT2D eigenvalue weighted by atomic mass is 32.2. The smallest absolute Gasteiger partial charge is 0.496 e. The Morgan fingerprint density at radius 3 is 2.45 bits per heavy atom. The summed E-state index contributed by atoms with van der Waals surface area (Å²) in [6.45, 7) is 1.66. The van der Waals surface area contributed by atoms with Crippen molar-refractivity contribution in [3.05, 3.63) is 48.0 Å². The Hall–Kier alpha value is -2.46. The number of methoxy groups -OCH3 is 1. The van der Waals surface area contributed by atoms with Crippen LogP contribution in [0.4, 0.5) is 18.9 Å². The highest BCUT2D eigenvalue weighted by Crippen LogP contribution is 2.58. The molecule has 1 saturated carbocycles. The number of ether oxygens (including phenoxy) is 2. The van der Waals surface area contributed by atoms with E-state index in [1.165, 1.54) is 18.2 Å². The number of anilines is 1. The van der Waals surface area contributed by atoms with Crippen molar-refractivity contribution in [3.63, 3.8) is 0 Å². The summed E-state index contributed by atoms with van der Waals surface area (Å²) in [7, 11) is -2.39. The molecular weight excluding hydrogens is 409 g/mol. The molecule has 2 atom stereocenters. The molecule has 156 valence electrons.